The first-order valence-electron chi connectivity index (χ1n) is 9.57. The van der Waals surface area contributed by atoms with Crippen LogP contribution in [-0.4, -0.2) is 36.8 Å². The Labute approximate surface area is 173 Å². The third-order valence-corrected chi connectivity index (χ3v) is 5.27. The minimum atomic E-state index is -0.652. The number of fused-ring (bicyclic) bond motifs is 1. The number of ether oxygens (including phenoxy) is 1. The lowest BCUT2D eigenvalue weighted by atomic mass is 10.00. The summed E-state index contributed by atoms with van der Waals surface area (Å²) in [6.45, 7) is 3.78. The van der Waals surface area contributed by atoms with Crippen molar-refractivity contribution in [3.8, 4) is 0 Å². The average molecular weight is 404 g/mol. The van der Waals surface area contributed by atoms with Crippen molar-refractivity contribution in [3.63, 3.8) is 0 Å². The van der Waals surface area contributed by atoms with Crippen LogP contribution in [0.1, 0.15) is 36.2 Å². The molecule has 2 heterocycles. The van der Waals surface area contributed by atoms with Crippen LogP contribution in [0.15, 0.2) is 54.1 Å². The summed E-state index contributed by atoms with van der Waals surface area (Å²) >= 11 is 0. The van der Waals surface area contributed by atoms with E-state index >= 15 is 0 Å². The summed E-state index contributed by atoms with van der Waals surface area (Å²) < 4.78 is 4.78. The Balaban J connectivity index is 1.86. The number of hydrogen-bond acceptors (Lipinski definition) is 5. The third-order valence-electron chi connectivity index (χ3n) is 5.27. The van der Waals surface area contributed by atoms with E-state index < -0.39 is 17.8 Å². The fourth-order valence-corrected chi connectivity index (χ4v) is 3.99. The average Bonchev–Trinajstić information content (AvgIpc) is 3.19. The van der Waals surface area contributed by atoms with Crippen molar-refractivity contribution in [1.82, 2.24) is 0 Å². The second-order valence-electron chi connectivity index (χ2n) is 7.36. The molecule has 0 unspecified atom stereocenters. The summed E-state index contributed by atoms with van der Waals surface area (Å²) in [4.78, 5) is 54.1. The van der Waals surface area contributed by atoms with Crippen LogP contribution in [0.3, 0.4) is 0 Å². The molecule has 0 bridgehead atoms. The van der Waals surface area contributed by atoms with E-state index in [1.54, 1.807) is 29.2 Å². The fourth-order valence-electron chi connectivity index (χ4n) is 3.99. The molecule has 2 aromatic rings. The molecule has 0 aliphatic carbocycles. The van der Waals surface area contributed by atoms with Gasteiger partial charge in [-0.25, -0.2) is 9.69 Å². The fraction of sp³-hybridized carbons (Fsp3) is 0.217. The van der Waals surface area contributed by atoms with Gasteiger partial charge in [0.1, 0.15) is 0 Å². The maximum atomic E-state index is 13.3. The minimum absolute atomic E-state index is 0.106. The van der Waals surface area contributed by atoms with Crippen LogP contribution < -0.4 is 9.80 Å². The summed E-state index contributed by atoms with van der Waals surface area (Å²) in [5.74, 6) is -2.04. The molecule has 2 aliphatic rings. The molecule has 7 nitrogen and oxygen atoms in total. The number of anilines is 2. The molecule has 3 amide bonds. The second kappa shape index (κ2) is 7.26. The van der Waals surface area contributed by atoms with E-state index in [1.807, 2.05) is 26.0 Å². The standard InChI is InChI=1S/C23H20N2O5/c1-13(2)24-17-10-6-4-8-14(17)20(22(24)28)16-12-19(26)25(21(16)27)18-11-7-5-9-15(18)23(29)30-3/h4-11,13H,12H2,1-3H3/b20-16-. The highest BCUT2D eigenvalue weighted by molar-refractivity contribution is 6.41. The van der Waals surface area contributed by atoms with Gasteiger partial charge in [-0.1, -0.05) is 30.3 Å². The molecule has 2 aliphatic heterocycles. The van der Waals surface area contributed by atoms with E-state index in [0.717, 1.165) is 4.90 Å². The number of amides is 3. The first-order chi connectivity index (χ1) is 14.4. The van der Waals surface area contributed by atoms with Crippen molar-refractivity contribution < 1.29 is 23.9 Å². The number of nitrogens with zero attached hydrogens (tertiary/aromatic N) is 2. The number of esters is 1. The van der Waals surface area contributed by atoms with Crippen LogP contribution in [0, 0.1) is 0 Å². The van der Waals surface area contributed by atoms with E-state index in [1.165, 1.54) is 19.2 Å². The molecule has 0 atom stereocenters. The molecule has 0 radical (unpaired) electrons. The van der Waals surface area contributed by atoms with E-state index in [4.69, 9.17) is 4.74 Å². The maximum Gasteiger partial charge on any atom is 0.339 e. The highest BCUT2D eigenvalue weighted by atomic mass is 16.5. The zero-order valence-electron chi connectivity index (χ0n) is 16.8. The Morgan fingerprint density at radius 3 is 2.23 bits per heavy atom. The van der Waals surface area contributed by atoms with E-state index in [2.05, 4.69) is 0 Å². The first kappa shape index (κ1) is 19.6. The molecule has 4 rings (SSSR count). The van der Waals surface area contributed by atoms with Crippen LogP contribution in [0.2, 0.25) is 0 Å². The smallest absolute Gasteiger partial charge is 0.339 e. The molecule has 152 valence electrons. The molecular weight excluding hydrogens is 384 g/mol. The SMILES string of the molecule is COC(=O)c1ccccc1N1C(=O)C/C(=C2/C(=O)N(C(C)C)c3ccccc32)C1=O. The Morgan fingerprint density at radius 1 is 0.933 bits per heavy atom. The molecule has 1 fully saturated rings. The van der Waals surface area contributed by atoms with Crippen LogP contribution in [0.25, 0.3) is 5.57 Å². The molecule has 2 aromatic carbocycles. The Bertz CT molecular complexity index is 1130. The molecule has 0 aromatic heterocycles. The Kier molecular flexibility index (Phi) is 4.73. The summed E-state index contributed by atoms with van der Waals surface area (Å²) in [6.07, 6.45) is -0.213. The number of hydrogen-bond donors (Lipinski definition) is 0. The molecule has 1 saturated heterocycles. The van der Waals surface area contributed by atoms with Crippen LogP contribution in [0.5, 0.6) is 0 Å². The first-order valence-corrected chi connectivity index (χ1v) is 9.57. The lowest BCUT2D eigenvalue weighted by Gasteiger charge is -2.21. The van der Waals surface area contributed by atoms with Crippen molar-refractivity contribution in [1.29, 1.82) is 0 Å². The van der Waals surface area contributed by atoms with E-state index in [-0.39, 0.29) is 40.8 Å². The zero-order valence-corrected chi connectivity index (χ0v) is 16.8. The predicted octanol–water partition coefficient (Wildman–Crippen LogP) is 2.95. The largest absolute Gasteiger partial charge is 0.465 e. The molecular formula is C23H20N2O5. The summed E-state index contributed by atoms with van der Waals surface area (Å²) in [7, 11) is 1.23. The number of benzene rings is 2. The Morgan fingerprint density at radius 2 is 1.57 bits per heavy atom. The highest BCUT2D eigenvalue weighted by Crippen LogP contribution is 2.42. The zero-order chi connectivity index (χ0) is 21.6. The predicted molar refractivity (Wildman–Crippen MR) is 111 cm³/mol. The van der Waals surface area contributed by atoms with Crippen molar-refractivity contribution in [2.75, 3.05) is 16.9 Å². The number of methoxy groups -OCH3 is 1. The van der Waals surface area contributed by atoms with Crippen LogP contribution in [-0.2, 0) is 19.1 Å². The van der Waals surface area contributed by atoms with Crippen LogP contribution >= 0.6 is 0 Å². The number of carbonyl (C=O) groups excluding carboxylic acids is 4. The molecule has 0 N–H and O–H groups in total. The number of carbonyl (C=O) groups is 4. The molecule has 0 spiro atoms. The molecule has 0 saturated carbocycles. The number of para-hydroxylation sites is 2. The van der Waals surface area contributed by atoms with Crippen LogP contribution in [0.4, 0.5) is 11.4 Å². The lowest BCUT2D eigenvalue weighted by molar-refractivity contribution is -0.121. The number of imide groups is 1. The summed E-state index contributed by atoms with van der Waals surface area (Å²) in [5.41, 5.74) is 1.99. The van der Waals surface area contributed by atoms with Gasteiger partial charge in [0, 0.05) is 17.2 Å². The lowest BCUT2D eigenvalue weighted by Crippen LogP contribution is -2.34. The monoisotopic (exact) mass is 404 g/mol. The minimum Gasteiger partial charge on any atom is -0.465 e. The van der Waals surface area contributed by atoms with Gasteiger partial charge in [-0.2, -0.15) is 0 Å². The number of rotatable bonds is 3. The summed E-state index contributed by atoms with van der Waals surface area (Å²) in [6, 6.07) is 13.4. The quantitative estimate of drug-likeness (QED) is 0.446. The van der Waals surface area contributed by atoms with Crippen molar-refractivity contribution >= 4 is 40.6 Å². The highest BCUT2D eigenvalue weighted by Gasteiger charge is 2.44. The topological polar surface area (TPSA) is 84.0 Å². The van der Waals surface area contributed by atoms with Gasteiger partial charge in [-0.15, -0.1) is 0 Å². The maximum absolute atomic E-state index is 13.3. The normalized spacial score (nSPS) is 18.5. The molecule has 7 heteroatoms. The van der Waals surface area contributed by atoms with E-state index in [9.17, 15) is 19.2 Å². The van der Waals surface area contributed by atoms with Crippen molar-refractivity contribution in [3.05, 3.63) is 65.2 Å². The van der Waals surface area contributed by atoms with Gasteiger partial charge in [0.25, 0.3) is 11.8 Å². The van der Waals surface area contributed by atoms with Gasteiger partial charge >= 0.3 is 5.97 Å². The van der Waals surface area contributed by atoms with E-state index in [0.29, 0.717) is 11.3 Å². The van der Waals surface area contributed by atoms with Gasteiger partial charge in [0.2, 0.25) is 5.91 Å². The van der Waals surface area contributed by atoms with Gasteiger partial charge in [0.15, 0.2) is 0 Å². The van der Waals surface area contributed by atoms with Gasteiger partial charge < -0.3 is 9.64 Å². The summed E-state index contributed by atoms with van der Waals surface area (Å²) in [5, 5.41) is 0. The second-order valence-corrected chi connectivity index (χ2v) is 7.36. The van der Waals surface area contributed by atoms with Gasteiger partial charge in [0.05, 0.1) is 36.0 Å². The van der Waals surface area contributed by atoms with Gasteiger partial charge in [-0.05, 0) is 32.0 Å². The molecule has 30 heavy (non-hydrogen) atoms. The van der Waals surface area contributed by atoms with Gasteiger partial charge in [-0.3, -0.25) is 14.4 Å². The van der Waals surface area contributed by atoms with Crippen molar-refractivity contribution in [2.24, 2.45) is 0 Å². The van der Waals surface area contributed by atoms with Crippen molar-refractivity contribution in [2.45, 2.75) is 26.3 Å². The Hall–Kier alpha value is -3.74. The third kappa shape index (κ3) is 2.82.